The van der Waals surface area contributed by atoms with Gasteiger partial charge in [0.05, 0.1) is 4.92 Å². The highest BCUT2D eigenvalue weighted by molar-refractivity contribution is 6.31. The molecule has 0 saturated carbocycles. The van der Waals surface area contributed by atoms with E-state index in [9.17, 15) is 19.6 Å². The zero-order chi connectivity index (χ0) is 14.7. The summed E-state index contributed by atoms with van der Waals surface area (Å²) in [4.78, 5) is 10.2. The number of halogens is 2. The number of rotatable bonds is 4. The van der Waals surface area contributed by atoms with Gasteiger partial charge in [-0.1, -0.05) is 23.7 Å². The van der Waals surface area contributed by atoms with Crippen molar-refractivity contribution in [2.45, 2.75) is 6.54 Å². The van der Waals surface area contributed by atoms with Crippen molar-refractivity contribution in [2.24, 2.45) is 0 Å². The maximum absolute atomic E-state index is 13.7. The molecule has 0 radical (unpaired) electrons. The Morgan fingerprint density at radius 2 is 2.00 bits per heavy atom. The summed E-state index contributed by atoms with van der Waals surface area (Å²) < 4.78 is 13.7. The highest BCUT2D eigenvalue weighted by Gasteiger charge is 2.18. The Bertz CT molecular complexity index is 644. The zero-order valence-electron chi connectivity index (χ0n) is 10.1. The first-order chi connectivity index (χ1) is 9.50. The molecule has 2 N–H and O–H groups in total. The van der Waals surface area contributed by atoms with Crippen LogP contribution < -0.4 is 5.32 Å². The van der Waals surface area contributed by atoms with Gasteiger partial charge in [-0.25, -0.2) is 4.39 Å². The number of hydrogen-bond donors (Lipinski definition) is 2. The van der Waals surface area contributed by atoms with Gasteiger partial charge in [-0.2, -0.15) is 0 Å². The lowest BCUT2D eigenvalue weighted by atomic mass is 10.2. The summed E-state index contributed by atoms with van der Waals surface area (Å²) in [7, 11) is 0. The number of nitrogens with one attached hydrogen (secondary N) is 1. The van der Waals surface area contributed by atoms with Crippen LogP contribution in [0.4, 0.5) is 15.8 Å². The highest BCUT2D eigenvalue weighted by Crippen LogP contribution is 2.30. The number of nitro groups is 1. The van der Waals surface area contributed by atoms with Gasteiger partial charge < -0.3 is 10.4 Å². The number of phenols is 1. The summed E-state index contributed by atoms with van der Waals surface area (Å²) in [5.41, 5.74) is -0.278. The minimum Gasteiger partial charge on any atom is -0.508 e. The van der Waals surface area contributed by atoms with E-state index in [1.807, 2.05) is 0 Å². The highest BCUT2D eigenvalue weighted by atomic mass is 35.5. The fourth-order valence-corrected chi connectivity index (χ4v) is 1.98. The van der Waals surface area contributed by atoms with Crippen LogP contribution in [0.25, 0.3) is 0 Å². The van der Waals surface area contributed by atoms with Crippen molar-refractivity contribution in [1.82, 2.24) is 0 Å². The van der Waals surface area contributed by atoms with Crippen molar-refractivity contribution in [1.29, 1.82) is 0 Å². The number of nitrogens with zero attached hydrogens (tertiary/aromatic N) is 1. The Balaban J connectivity index is 2.30. The second-order valence-electron chi connectivity index (χ2n) is 3.98. The Hall–Kier alpha value is -2.34. The first-order valence-corrected chi connectivity index (χ1v) is 6.01. The second kappa shape index (κ2) is 5.75. The molecule has 0 aliphatic rings. The molecule has 0 bridgehead atoms. The third-order valence-corrected chi connectivity index (χ3v) is 3.08. The normalized spacial score (nSPS) is 10.3. The van der Waals surface area contributed by atoms with Crippen LogP contribution in [-0.4, -0.2) is 10.0 Å². The van der Waals surface area contributed by atoms with Crippen LogP contribution in [0.1, 0.15) is 5.56 Å². The van der Waals surface area contributed by atoms with Gasteiger partial charge in [-0.05, 0) is 18.2 Å². The Morgan fingerprint density at radius 1 is 1.30 bits per heavy atom. The molecule has 0 fully saturated rings. The van der Waals surface area contributed by atoms with Crippen LogP contribution >= 0.6 is 11.6 Å². The Morgan fingerprint density at radius 3 is 2.65 bits per heavy atom. The van der Waals surface area contributed by atoms with Crippen molar-refractivity contribution >= 4 is 23.0 Å². The monoisotopic (exact) mass is 296 g/mol. The first-order valence-electron chi connectivity index (χ1n) is 5.64. The van der Waals surface area contributed by atoms with Gasteiger partial charge in [0.15, 0.2) is 5.82 Å². The number of para-hydroxylation sites is 1. The maximum atomic E-state index is 13.7. The summed E-state index contributed by atoms with van der Waals surface area (Å²) >= 11 is 5.91. The van der Waals surface area contributed by atoms with E-state index in [4.69, 9.17) is 11.6 Å². The van der Waals surface area contributed by atoms with E-state index in [1.54, 1.807) is 12.1 Å². The zero-order valence-corrected chi connectivity index (χ0v) is 10.9. The lowest BCUT2D eigenvalue weighted by Gasteiger charge is -2.10. The van der Waals surface area contributed by atoms with Gasteiger partial charge in [0.25, 0.3) is 5.69 Å². The summed E-state index contributed by atoms with van der Waals surface area (Å²) in [5.74, 6) is -0.810. The lowest BCUT2D eigenvalue weighted by Crippen LogP contribution is -2.05. The number of anilines is 1. The number of benzene rings is 2. The van der Waals surface area contributed by atoms with Crippen LogP contribution in [0.5, 0.6) is 5.75 Å². The number of phenolic OH excluding ortho intramolecular Hbond substituents is 1. The molecular formula is C13H10ClFN2O3. The molecule has 20 heavy (non-hydrogen) atoms. The maximum Gasteiger partial charge on any atom is 0.295 e. The van der Waals surface area contributed by atoms with Gasteiger partial charge in [-0.3, -0.25) is 10.1 Å². The largest absolute Gasteiger partial charge is 0.508 e. The second-order valence-corrected chi connectivity index (χ2v) is 4.39. The summed E-state index contributed by atoms with van der Waals surface area (Å²) in [6.45, 7) is -0.0344. The third kappa shape index (κ3) is 2.80. The van der Waals surface area contributed by atoms with E-state index < -0.39 is 10.7 Å². The molecule has 0 atom stereocenters. The van der Waals surface area contributed by atoms with Crippen LogP contribution in [0.3, 0.4) is 0 Å². The number of hydrogen-bond acceptors (Lipinski definition) is 4. The van der Waals surface area contributed by atoms with E-state index in [-0.39, 0.29) is 28.7 Å². The molecule has 2 rings (SSSR count). The Labute approximate surface area is 118 Å². The molecule has 104 valence electrons. The van der Waals surface area contributed by atoms with E-state index in [1.165, 1.54) is 18.2 Å². The molecule has 0 aliphatic carbocycles. The first kappa shape index (κ1) is 14.1. The molecule has 2 aromatic carbocycles. The fraction of sp³-hybridized carbons (Fsp3) is 0.0769. The lowest BCUT2D eigenvalue weighted by molar-refractivity contribution is -0.384. The summed E-state index contributed by atoms with van der Waals surface area (Å²) in [6.07, 6.45) is 0. The number of aromatic hydroxyl groups is 1. The molecule has 2 aromatic rings. The molecule has 0 heterocycles. The molecule has 0 amide bonds. The van der Waals surface area contributed by atoms with Gasteiger partial charge in [0, 0.05) is 23.2 Å². The minimum atomic E-state index is -0.745. The molecule has 0 aromatic heterocycles. The van der Waals surface area contributed by atoms with Gasteiger partial charge in [0.2, 0.25) is 0 Å². The molecule has 0 aliphatic heterocycles. The topological polar surface area (TPSA) is 75.4 Å². The molecular weight excluding hydrogens is 287 g/mol. The average molecular weight is 297 g/mol. The third-order valence-electron chi connectivity index (χ3n) is 2.72. The predicted octanol–water partition coefficient (Wildman–Crippen LogP) is 3.71. The van der Waals surface area contributed by atoms with E-state index >= 15 is 0 Å². The van der Waals surface area contributed by atoms with Crippen molar-refractivity contribution in [3.8, 4) is 5.75 Å². The average Bonchev–Trinajstić information content (AvgIpc) is 2.39. The molecule has 7 heteroatoms. The summed E-state index contributed by atoms with van der Waals surface area (Å²) in [5, 5.41) is 23.4. The van der Waals surface area contributed by atoms with Crippen molar-refractivity contribution in [3.63, 3.8) is 0 Å². The molecule has 0 spiro atoms. The molecule has 0 unspecified atom stereocenters. The SMILES string of the molecule is O=[N+]([O-])c1cccc(F)c1NCc1c(O)cccc1Cl. The van der Waals surface area contributed by atoms with Gasteiger partial charge >= 0.3 is 0 Å². The van der Waals surface area contributed by atoms with E-state index in [2.05, 4.69) is 5.32 Å². The van der Waals surface area contributed by atoms with Gasteiger partial charge in [-0.15, -0.1) is 0 Å². The fourth-order valence-electron chi connectivity index (χ4n) is 1.74. The predicted molar refractivity (Wildman–Crippen MR) is 73.5 cm³/mol. The van der Waals surface area contributed by atoms with Crippen molar-refractivity contribution < 1.29 is 14.4 Å². The Kier molecular flexibility index (Phi) is 4.05. The van der Waals surface area contributed by atoms with Crippen LogP contribution in [0.2, 0.25) is 5.02 Å². The van der Waals surface area contributed by atoms with Crippen molar-refractivity contribution in [3.05, 3.63) is 62.9 Å². The molecule has 0 saturated heterocycles. The quantitative estimate of drug-likeness (QED) is 0.666. The minimum absolute atomic E-state index is 0.0344. The van der Waals surface area contributed by atoms with Crippen LogP contribution in [0, 0.1) is 15.9 Å². The summed E-state index contributed by atoms with van der Waals surface area (Å²) in [6, 6.07) is 8.12. The smallest absolute Gasteiger partial charge is 0.295 e. The van der Waals surface area contributed by atoms with Crippen LogP contribution in [-0.2, 0) is 6.54 Å². The number of nitro benzene ring substituents is 1. The van der Waals surface area contributed by atoms with Gasteiger partial charge in [0.1, 0.15) is 11.4 Å². The van der Waals surface area contributed by atoms with E-state index in [0.29, 0.717) is 5.56 Å². The standard InChI is InChI=1S/C13H10ClFN2O3/c14-9-3-1-6-12(18)8(9)7-16-13-10(15)4-2-5-11(13)17(19)20/h1-6,16,18H,7H2. The van der Waals surface area contributed by atoms with Crippen molar-refractivity contribution in [2.75, 3.05) is 5.32 Å². The van der Waals surface area contributed by atoms with E-state index in [0.717, 1.165) is 6.07 Å². The molecule has 5 nitrogen and oxygen atoms in total. The van der Waals surface area contributed by atoms with Crippen LogP contribution in [0.15, 0.2) is 36.4 Å².